The maximum atomic E-state index is 12.7. The first-order valence-corrected chi connectivity index (χ1v) is 5.81. The van der Waals surface area contributed by atoms with E-state index in [9.17, 15) is 23.3 Å². The Balaban J connectivity index is 3.25. The summed E-state index contributed by atoms with van der Waals surface area (Å²) in [6, 6.07) is 1.66. The average molecular weight is 291 g/mol. The fraction of sp³-hybridized carbons (Fsp3) is 0.500. The van der Waals surface area contributed by atoms with Crippen molar-refractivity contribution in [3.63, 3.8) is 0 Å². The van der Waals surface area contributed by atoms with Gasteiger partial charge >= 0.3 is 6.18 Å². The number of rotatable bonds is 4. The molecule has 0 saturated carbocycles. The minimum absolute atomic E-state index is 0.0269. The molecule has 8 heteroatoms. The molecule has 20 heavy (non-hydrogen) atoms. The zero-order valence-corrected chi connectivity index (χ0v) is 11.3. The summed E-state index contributed by atoms with van der Waals surface area (Å²) in [6.07, 6.45) is -4.62. The second kappa shape index (κ2) is 5.28. The van der Waals surface area contributed by atoms with Crippen LogP contribution in [0.15, 0.2) is 12.1 Å². The van der Waals surface area contributed by atoms with Gasteiger partial charge in [0.15, 0.2) is 0 Å². The molecular formula is C12H16F3N3O2. The first kappa shape index (κ1) is 16.2. The largest absolute Gasteiger partial charge is 0.416 e. The van der Waals surface area contributed by atoms with Gasteiger partial charge in [0.1, 0.15) is 5.69 Å². The number of nitrogens with two attached hydrogens (primary N) is 1. The van der Waals surface area contributed by atoms with Gasteiger partial charge in [-0.1, -0.05) is 0 Å². The van der Waals surface area contributed by atoms with Crippen LogP contribution in [-0.4, -0.2) is 17.0 Å². The van der Waals surface area contributed by atoms with Crippen molar-refractivity contribution in [1.29, 1.82) is 0 Å². The summed E-state index contributed by atoms with van der Waals surface area (Å²) >= 11 is 0. The Labute approximate surface area is 114 Å². The van der Waals surface area contributed by atoms with Crippen molar-refractivity contribution in [2.75, 3.05) is 11.9 Å². The number of benzene rings is 1. The second-order valence-corrected chi connectivity index (χ2v) is 5.28. The predicted octanol–water partition coefficient (Wildman–Crippen LogP) is 3.07. The smallest absolute Gasteiger partial charge is 0.378 e. The van der Waals surface area contributed by atoms with E-state index in [4.69, 9.17) is 5.73 Å². The minimum Gasteiger partial charge on any atom is -0.378 e. The molecule has 1 rings (SSSR count). The molecule has 1 aromatic carbocycles. The van der Waals surface area contributed by atoms with Crippen molar-refractivity contribution in [3.8, 4) is 0 Å². The van der Waals surface area contributed by atoms with Crippen LogP contribution in [0, 0.1) is 17.0 Å². The molecule has 0 fully saturated rings. The summed E-state index contributed by atoms with van der Waals surface area (Å²) in [6.45, 7) is 4.84. The number of nitro benzene ring substituents is 1. The lowest BCUT2D eigenvalue weighted by molar-refractivity contribution is -0.384. The molecule has 0 heterocycles. The summed E-state index contributed by atoms with van der Waals surface area (Å²) in [4.78, 5) is 10.1. The normalized spacial score (nSPS) is 12.3. The first-order valence-electron chi connectivity index (χ1n) is 5.81. The maximum absolute atomic E-state index is 12.7. The van der Waals surface area contributed by atoms with E-state index in [0.29, 0.717) is 6.07 Å². The van der Waals surface area contributed by atoms with Gasteiger partial charge in [0.2, 0.25) is 0 Å². The van der Waals surface area contributed by atoms with Gasteiger partial charge in [-0.05, 0) is 32.4 Å². The van der Waals surface area contributed by atoms with Gasteiger partial charge < -0.3 is 11.1 Å². The van der Waals surface area contributed by atoms with Crippen LogP contribution in [0.5, 0.6) is 0 Å². The van der Waals surface area contributed by atoms with Crippen molar-refractivity contribution >= 4 is 11.4 Å². The number of halogens is 3. The number of nitro groups is 1. The Morgan fingerprint density at radius 2 is 1.90 bits per heavy atom. The maximum Gasteiger partial charge on any atom is 0.416 e. The zero-order chi connectivity index (χ0) is 15.7. The summed E-state index contributed by atoms with van der Waals surface area (Å²) in [5.74, 6) is 0. The lowest BCUT2D eigenvalue weighted by Gasteiger charge is -2.20. The van der Waals surface area contributed by atoms with E-state index in [1.165, 1.54) is 6.92 Å². The fourth-order valence-corrected chi connectivity index (χ4v) is 1.62. The summed E-state index contributed by atoms with van der Waals surface area (Å²) < 4.78 is 38.2. The van der Waals surface area contributed by atoms with Crippen LogP contribution in [0.3, 0.4) is 0 Å². The molecule has 0 radical (unpaired) electrons. The summed E-state index contributed by atoms with van der Waals surface area (Å²) in [5.41, 5.74) is 3.40. The van der Waals surface area contributed by atoms with Crippen LogP contribution in [-0.2, 0) is 6.18 Å². The minimum atomic E-state index is -4.62. The molecule has 0 aliphatic carbocycles. The number of hydrogen-bond acceptors (Lipinski definition) is 4. The molecule has 0 bridgehead atoms. The monoisotopic (exact) mass is 291 g/mol. The number of nitrogens with zero attached hydrogens (tertiary/aromatic N) is 1. The highest BCUT2D eigenvalue weighted by atomic mass is 19.4. The molecule has 112 valence electrons. The number of nitrogens with one attached hydrogen (secondary N) is 1. The van der Waals surface area contributed by atoms with Crippen molar-refractivity contribution in [2.45, 2.75) is 32.5 Å². The summed E-state index contributed by atoms with van der Waals surface area (Å²) in [5, 5.41) is 13.6. The molecule has 0 amide bonds. The Hall–Kier alpha value is -1.83. The molecule has 0 atom stereocenters. The van der Waals surface area contributed by atoms with Gasteiger partial charge in [-0.3, -0.25) is 10.1 Å². The van der Waals surface area contributed by atoms with E-state index in [1.54, 1.807) is 13.8 Å². The fourth-order valence-electron chi connectivity index (χ4n) is 1.62. The van der Waals surface area contributed by atoms with Crippen LogP contribution in [0.2, 0.25) is 0 Å². The topological polar surface area (TPSA) is 81.2 Å². The third-order valence-electron chi connectivity index (χ3n) is 2.58. The summed E-state index contributed by atoms with van der Waals surface area (Å²) in [7, 11) is 0. The highest BCUT2D eigenvalue weighted by Crippen LogP contribution is 2.37. The Bertz CT molecular complexity index is 522. The molecule has 0 aliphatic rings. The number of alkyl halides is 3. The SMILES string of the molecule is Cc1cc(NCC(C)(C)N)c([N+](=O)[O-])cc1C(F)(F)F. The lowest BCUT2D eigenvalue weighted by atomic mass is 10.0. The molecule has 3 N–H and O–H groups in total. The van der Waals surface area contributed by atoms with E-state index in [1.807, 2.05) is 0 Å². The van der Waals surface area contributed by atoms with Crippen molar-refractivity contribution < 1.29 is 18.1 Å². The van der Waals surface area contributed by atoms with E-state index < -0.39 is 27.9 Å². The Morgan fingerprint density at radius 1 is 1.35 bits per heavy atom. The Kier molecular flexibility index (Phi) is 4.28. The number of hydrogen-bond donors (Lipinski definition) is 2. The third-order valence-corrected chi connectivity index (χ3v) is 2.58. The van der Waals surface area contributed by atoms with Crippen LogP contribution in [0.4, 0.5) is 24.5 Å². The lowest BCUT2D eigenvalue weighted by Crippen LogP contribution is -2.39. The van der Waals surface area contributed by atoms with Crippen molar-refractivity contribution in [1.82, 2.24) is 0 Å². The van der Waals surface area contributed by atoms with Crippen LogP contribution in [0.25, 0.3) is 0 Å². The van der Waals surface area contributed by atoms with E-state index in [2.05, 4.69) is 5.32 Å². The van der Waals surface area contributed by atoms with E-state index in [0.717, 1.165) is 6.07 Å². The van der Waals surface area contributed by atoms with Crippen LogP contribution < -0.4 is 11.1 Å². The molecule has 0 aromatic heterocycles. The van der Waals surface area contributed by atoms with Crippen LogP contribution in [0.1, 0.15) is 25.0 Å². The predicted molar refractivity (Wildman–Crippen MR) is 69.6 cm³/mol. The molecule has 0 spiro atoms. The number of anilines is 1. The Morgan fingerprint density at radius 3 is 2.30 bits per heavy atom. The van der Waals surface area contributed by atoms with Gasteiger partial charge in [0.25, 0.3) is 5.69 Å². The third kappa shape index (κ3) is 4.09. The van der Waals surface area contributed by atoms with Gasteiger partial charge in [0.05, 0.1) is 10.5 Å². The van der Waals surface area contributed by atoms with E-state index >= 15 is 0 Å². The molecule has 0 saturated heterocycles. The molecule has 0 unspecified atom stereocenters. The van der Waals surface area contributed by atoms with Gasteiger partial charge in [-0.15, -0.1) is 0 Å². The van der Waals surface area contributed by atoms with Gasteiger partial charge in [-0.25, -0.2) is 0 Å². The molecule has 1 aromatic rings. The first-order chi connectivity index (χ1) is 8.92. The van der Waals surface area contributed by atoms with Gasteiger partial charge in [-0.2, -0.15) is 13.2 Å². The van der Waals surface area contributed by atoms with Gasteiger partial charge in [0, 0.05) is 18.2 Å². The average Bonchev–Trinajstić information content (AvgIpc) is 2.23. The second-order valence-electron chi connectivity index (χ2n) is 5.28. The highest BCUT2D eigenvalue weighted by Gasteiger charge is 2.35. The highest BCUT2D eigenvalue weighted by molar-refractivity contribution is 5.65. The van der Waals surface area contributed by atoms with Crippen molar-refractivity contribution in [3.05, 3.63) is 33.4 Å². The number of aryl methyl sites for hydroxylation is 1. The van der Waals surface area contributed by atoms with E-state index in [-0.39, 0.29) is 17.8 Å². The van der Waals surface area contributed by atoms with Crippen molar-refractivity contribution in [2.24, 2.45) is 5.73 Å². The zero-order valence-electron chi connectivity index (χ0n) is 11.3. The standard InChI is InChI=1S/C12H16F3N3O2/c1-7-4-9(17-6-11(2,3)16)10(18(19)20)5-8(7)12(13,14)15/h4-5,17H,6,16H2,1-3H3. The quantitative estimate of drug-likeness (QED) is 0.660. The molecule has 5 nitrogen and oxygen atoms in total. The molecular weight excluding hydrogens is 275 g/mol. The molecule has 0 aliphatic heterocycles. The van der Waals surface area contributed by atoms with Crippen LogP contribution >= 0.6 is 0 Å².